The molecule has 0 radical (unpaired) electrons. The summed E-state index contributed by atoms with van der Waals surface area (Å²) in [5, 5.41) is 8.60. The maximum atomic E-state index is 13.5. The van der Waals surface area contributed by atoms with Crippen molar-refractivity contribution in [3.8, 4) is 0 Å². The van der Waals surface area contributed by atoms with Crippen LogP contribution in [-0.2, 0) is 4.74 Å². The van der Waals surface area contributed by atoms with Crippen molar-refractivity contribution in [1.82, 2.24) is 0 Å². The first-order valence-electron chi connectivity index (χ1n) is 4.45. The molecule has 1 heterocycles. The topological polar surface area (TPSA) is 58.9 Å². The number of rotatable bonds is 2. The van der Waals surface area contributed by atoms with Gasteiger partial charge in [-0.15, -0.1) is 0 Å². The summed E-state index contributed by atoms with van der Waals surface area (Å²) in [5.74, 6) is -3.26. The molecule has 2 rings (SSSR count). The molecule has 0 spiro atoms. The number of ether oxygens (including phenoxy) is 1. The van der Waals surface area contributed by atoms with Crippen molar-refractivity contribution in [2.24, 2.45) is 4.99 Å². The van der Waals surface area contributed by atoms with E-state index in [1.807, 2.05) is 0 Å². The van der Waals surface area contributed by atoms with Crippen LogP contribution in [0.3, 0.4) is 0 Å². The van der Waals surface area contributed by atoms with Crippen LogP contribution < -0.4 is 0 Å². The lowest BCUT2D eigenvalue weighted by atomic mass is 10.1. The summed E-state index contributed by atoms with van der Waals surface area (Å²) in [6.07, 6.45) is 0.303. The molecule has 0 aliphatic carbocycles. The molecule has 1 aromatic rings. The molecule has 84 valence electrons. The van der Waals surface area contributed by atoms with Crippen molar-refractivity contribution < 1.29 is 23.4 Å². The Kier molecular flexibility index (Phi) is 2.55. The van der Waals surface area contributed by atoms with Gasteiger partial charge in [-0.3, -0.25) is 4.99 Å². The maximum Gasteiger partial charge on any atom is 0.335 e. The minimum absolute atomic E-state index is 0.125. The van der Waals surface area contributed by atoms with E-state index in [2.05, 4.69) is 4.99 Å². The van der Waals surface area contributed by atoms with E-state index in [9.17, 15) is 13.6 Å². The Morgan fingerprint density at radius 2 is 2.06 bits per heavy atom. The molecule has 0 saturated carbocycles. The van der Waals surface area contributed by atoms with Crippen molar-refractivity contribution in [2.45, 2.75) is 6.10 Å². The molecule has 4 nitrogen and oxygen atoms in total. The zero-order chi connectivity index (χ0) is 11.7. The second-order valence-electron chi connectivity index (χ2n) is 3.25. The van der Waals surface area contributed by atoms with Crippen LogP contribution in [0.5, 0.6) is 0 Å². The summed E-state index contributed by atoms with van der Waals surface area (Å²) in [5.41, 5.74) is -0.722. The number of carboxylic acids is 1. The van der Waals surface area contributed by atoms with Crippen LogP contribution >= 0.6 is 0 Å². The Morgan fingerprint density at radius 3 is 2.50 bits per heavy atom. The van der Waals surface area contributed by atoms with E-state index in [1.165, 1.54) is 0 Å². The molecule has 1 N–H and O–H groups in total. The summed E-state index contributed by atoms with van der Waals surface area (Å²) in [4.78, 5) is 14.2. The predicted molar refractivity (Wildman–Crippen MR) is 50.5 cm³/mol. The lowest BCUT2D eigenvalue weighted by Gasteiger charge is -2.11. The second-order valence-corrected chi connectivity index (χ2v) is 3.25. The largest absolute Gasteiger partial charge is 0.478 e. The normalized spacial score (nSPS) is 18.5. The monoisotopic (exact) mass is 227 g/mol. The van der Waals surface area contributed by atoms with Crippen molar-refractivity contribution in [3.63, 3.8) is 0 Å². The predicted octanol–water partition coefficient (Wildman–Crippen LogP) is 1.76. The lowest BCUT2D eigenvalue weighted by Crippen LogP contribution is -2.09. The maximum absolute atomic E-state index is 13.5. The molecule has 1 atom stereocenters. The molecule has 0 bridgehead atoms. The molecule has 1 unspecified atom stereocenters. The summed E-state index contributed by atoms with van der Waals surface area (Å²) >= 11 is 0. The number of carboxylic acid groups (broad SMARTS) is 1. The van der Waals surface area contributed by atoms with Gasteiger partial charge in [0, 0.05) is 0 Å². The molecule has 16 heavy (non-hydrogen) atoms. The fraction of sp³-hybridized carbons (Fsp3) is 0.200. The molecule has 6 heteroatoms. The van der Waals surface area contributed by atoms with E-state index >= 15 is 0 Å². The highest BCUT2D eigenvalue weighted by Gasteiger charge is 2.25. The van der Waals surface area contributed by atoms with Gasteiger partial charge >= 0.3 is 5.97 Å². The number of hydrogen-bond acceptors (Lipinski definition) is 3. The number of benzene rings is 1. The van der Waals surface area contributed by atoms with E-state index in [0.29, 0.717) is 0 Å². The first-order valence-corrected chi connectivity index (χ1v) is 4.45. The third-order valence-corrected chi connectivity index (χ3v) is 2.22. The smallest absolute Gasteiger partial charge is 0.335 e. The molecule has 1 aromatic carbocycles. The number of nitrogens with zero attached hydrogens (tertiary/aromatic N) is 1. The van der Waals surface area contributed by atoms with Crippen molar-refractivity contribution in [3.05, 3.63) is 34.9 Å². The summed E-state index contributed by atoms with van der Waals surface area (Å²) in [6.45, 7) is 0.125. The average Bonchev–Trinajstić information content (AvgIpc) is 2.69. The molecule has 0 amide bonds. The van der Waals surface area contributed by atoms with Gasteiger partial charge in [0.25, 0.3) is 0 Å². The Hall–Kier alpha value is -1.98. The summed E-state index contributed by atoms with van der Waals surface area (Å²) in [7, 11) is 0. The van der Waals surface area contributed by atoms with E-state index in [1.54, 1.807) is 0 Å². The van der Waals surface area contributed by atoms with Crippen LogP contribution in [0.1, 0.15) is 22.0 Å². The van der Waals surface area contributed by atoms with Crippen LogP contribution in [0.15, 0.2) is 17.1 Å². The Bertz CT molecular complexity index is 442. The number of carbonyl (C=O) groups is 1. The summed E-state index contributed by atoms with van der Waals surface area (Å²) in [6, 6.07) is 1.53. The molecule has 0 saturated heterocycles. The Labute approximate surface area is 89.2 Å². The number of aliphatic imine (C=N–C) groups is 1. The first-order chi connectivity index (χ1) is 7.59. The van der Waals surface area contributed by atoms with Gasteiger partial charge in [0.05, 0.1) is 17.7 Å². The zero-order valence-corrected chi connectivity index (χ0v) is 7.98. The van der Waals surface area contributed by atoms with Gasteiger partial charge in [-0.25, -0.2) is 13.6 Å². The van der Waals surface area contributed by atoms with Gasteiger partial charge in [0.15, 0.2) is 12.5 Å². The quantitative estimate of drug-likeness (QED) is 0.837. The number of aromatic carboxylic acids is 1. The molecule has 0 fully saturated rings. The van der Waals surface area contributed by atoms with Gasteiger partial charge in [0.2, 0.25) is 0 Å². The fourth-order valence-electron chi connectivity index (χ4n) is 1.47. The average molecular weight is 227 g/mol. The van der Waals surface area contributed by atoms with E-state index in [-0.39, 0.29) is 12.1 Å². The van der Waals surface area contributed by atoms with Crippen molar-refractivity contribution in [2.75, 3.05) is 6.54 Å². The van der Waals surface area contributed by atoms with Crippen LogP contribution in [-0.4, -0.2) is 24.0 Å². The fourth-order valence-corrected chi connectivity index (χ4v) is 1.47. The number of hydrogen-bond donors (Lipinski definition) is 1. The van der Waals surface area contributed by atoms with E-state index < -0.39 is 29.3 Å². The lowest BCUT2D eigenvalue weighted by molar-refractivity contribution is 0.0695. The highest BCUT2D eigenvalue weighted by atomic mass is 19.1. The second kappa shape index (κ2) is 3.88. The van der Waals surface area contributed by atoms with E-state index in [4.69, 9.17) is 9.84 Å². The summed E-state index contributed by atoms with van der Waals surface area (Å²) < 4.78 is 31.9. The Balaban J connectivity index is 2.43. The van der Waals surface area contributed by atoms with Gasteiger partial charge in [-0.05, 0) is 12.1 Å². The van der Waals surface area contributed by atoms with Gasteiger partial charge in [-0.1, -0.05) is 0 Å². The molecular formula is C10H7F2NO3. The third kappa shape index (κ3) is 1.73. The molecule has 1 aliphatic heterocycles. The van der Waals surface area contributed by atoms with Crippen LogP contribution in [0.2, 0.25) is 0 Å². The Morgan fingerprint density at radius 1 is 1.44 bits per heavy atom. The molecule has 1 aliphatic rings. The highest BCUT2D eigenvalue weighted by Crippen LogP contribution is 2.27. The highest BCUT2D eigenvalue weighted by molar-refractivity contribution is 5.87. The molecule has 0 aromatic heterocycles. The first kappa shape index (κ1) is 10.5. The van der Waals surface area contributed by atoms with Crippen LogP contribution in [0, 0.1) is 11.6 Å². The van der Waals surface area contributed by atoms with Crippen LogP contribution in [0.4, 0.5) is 8.78 Å². The SMILES string of the molecule is O=C(O)c1cc(F)c(C2CN=CO2)c(F)c1. The minimum Gasteiger partial charge on any atom is -0.478 e. The van der Waals surface area contributed by atoms with Gasteiger partial charge in [-0.2, -0.15) is 0 Å². The third-order valence-electron chi connectivity index (χ3n) is 2.22. The van der Waals surface area contributed by atoms with Gasteiger partial charge < -0.3 is 9.84 Å². The molecular weight excluding hydrogens is 220 g/mol. The van der Waals surface area contributed by atoms with Gasteiger partial charge in [0.1, 0.15) is 11.6 Å². The number of halogens is 2. The van der Waals surface area contributed by atoms with Crippen LogP contribution in [0.25, 0.3) is 0 Å². The van der Waals surface area contributed by atoms with E-state index in [0.717, 1.165) is 18.5 Å². The zero-order valence-electron chi connectivity index (χ0n) is 7.98. The van der Waals surface area contributed by atoms with Crippen molar-refractivity contribution >= 4 is 12.4 Å². The van der Waals surface area contributed by atoms with Crippen molar-refractivity contribution in [1.29, 1.82) is 0 Å². The standard InChI is InChI=1S/C10H7F2NO3/c11-6-1-5(10(14)15)2-7(12)9(6)8-3-13-4-16-8/h1-2,4,8H,3H2,(H,14,15). The minimum atomic E-state index is -1.38.